The molecule has 1 atom stereocenters. The lowest BCUT2D eigenvalue weighted by Gasteiger charge is -2.23. The monoisotopic (exact) mass is 354 g/mol. The number of hydrogen-bond donors (Lipinski definition) is 0. The second-order valence-electron chi connectivity index (χ2n) is 4.87. The summed E-state index contributed by atoms with van der Waals surface area (Å²) in [7, 11) is 2.68. The van der Waals surface area contributed by atoms with Crippen molar-refractivity contribution in [2.24, 2.45) is 5.10 Å². The molecule has 0 spiro atoms. The Balaban J connectivity index is 2.19. The van der Waals surface area contributed by atoms with Gasteiger partial charge in [0.05, 0.1) is 46.1 Å². The Morgan fingerprint density at radius 3 is 2.88 bits per heavy atom. The predicted octanol–water partition coefficient (Wildman–Crippen LogP) is 1.57. The number of ether oxygens (including phenoxy) is 4. The van der Waals surface area contributed by atoms with Crippen molar-refractivity contribution < 1.29 is 23.7 Å². The summed E-state index contributed by atoms with van der Waals surface area (Å²) in [5.41, 5.74) is 0.583. The van der Waals surface area contributed by atoms with Gasteiger partial charge in [-0.2, -0.15) is 0 Å². The van der Waals surface area contributed by atoms with Crippen LogP contribution in [0.3, 0.4) is 0 Å². The van der Waals surface area contributed by atoms with Gasteiger partial charge in [0.2, 0.25) is 5.76 Å². The fourth-order valence-corrected chi connectivity index (χ4v) is 2.20. The van der Waals surface area contributed by atoms with Gasteiger partial charge in [0.25, 0.3) is 0 Å². The van der Waals surface area contributed by atoms with Crippen LogP contribution in [0.1, 0.15) is 0 Å². The Bertz CT molecular complexity index is 614. The molecule has 0 radical (unpaired) electrons. The van der Waals surface area contributed by atoms with Crippen LogP contribution in [0.2, 0.25) is 0 Å². The molecule has 0 aromatic heterocycles. The SMILES string of the molecule is CO/C=C(/OC1C=CC(Cl)=CC1=C=NN1CCOCC1)C(=O)OC. The van der Waals surface area contributed by atoms with Crippen molar-refractivity contribution in [1.29, 1.82) is 0 Å². The minimum atomic E-state index is -0.643. The van der Waals surface area contributed by atoms with Gasteiger partial charge in [0, 0.05) is 10.9 Å². The number of carbonyl (C=O) groups excluding carboxylic acids is 1. The number of rotatable bonds is 5. The zero-order valence-corrected chi connectivity index (χ0v) is 14.3. The minimum absolute atomic E-state index is 0.0632. The third kappa shape index (κ3) is 5.16. The van der Waals surface area contributed by atoms with Gasteiger partial charge in [-0.1, -0.05) is 11.6 Å². The first-order valence-corrected chi connectivity index (χ1v) is 7.71. The first-order valence-electron chi connectivity index (χ1n) is 7.33. The van der Waals surface area contributed by atoms with Crippen LogP contribution >= 0.6 is 11.6 Å². The molecule has 1 heterocycles. The lowest BCUT2D eigenvalue weighted by molar-refractivity contribution is -0.140. The molecular weight excluding hydrogens is 336 g/mol. The van der Waals surface area contributed by atoms with Gasteiger partial charge in [-0.25, -0.2) is 4.79 Å². The molecule has 2 rings (SSSR count). The van der Waals surface area contributed by atoms with E-state index in [1.54, 1.807) is 18.2 Å². The largest absolute Gasteiger partial charge is 0.500 e. The zero-order chi connectivity index (χ0) is 17.4. The third-order valence-electron chi connectivity index (χ3n) is 3.20. The molecule has 0 aromatic carbocycles. The molecule has 7 nitrogen and oxygen atoms in total. The molecule has 1 aliphatic heterocycles. The van der Waals surface area contributed by atoms with E-state index in [-0.39, 0.29) is 5.76 Å². The Morgan fingerprint density at radius 2 is 2.21 bits per heavy atom. The molecule has 0 saturated carbocycles. The maximum atomic E-state index is 11.7. The van der Waals surface area contributed by atoms with E-state index in [1.165, 1.54) is 20.5 Å². The summed E-state index contributed by atoms with van der Waals surface area (Å²) in [4.78, 5) is 11.7. The van der Waals surface area contributed by atoms with Crippen LogP contribution in [-0.2, 0) is 23.7 Å². The highest BCUT2D eigenvalue weighted by Crippen LogP contribution is 2.22. The Morgan fingerprint density at radius 1 is 1.46 bits per heavy atom. The molecule has 0 aromatic rings. The maximum absolute atomic E-state index is 11.7. The number of esters is 1. The van der Waals surface area contributed by atoms with E-state index in [2.05, 4.69) is 15.7 Å². The molecule has 1 fully saturated rings. The Kier molecular flexibility index (Phi) is 6.93. The quantitative estimate of drug-likeness (QED) is 0.323. The van der Waals surface area contributed by atoms with Crippen molar-refractivity contribution in [3.63, 3.8) is 0 Å². The predicted molar refractivity (Wildman–Crippen MR) is 88.4 cm³/mol. The van der Waals surface area contributed by atoms with Crippen molar-refractivity contribution in [3.05, 3.63) is 40.9 Å². The van der Waals surface area contributed by atoms with E-state index < -0.39 is 12.1 Å². The molecule has 1 unspecified atom stereocenters. The van der Waals surface area contributed by atoms with Gasteiger partial charge in [-0.05, 0) is 18.2 Å². The van der Waals surface area contributed by atoms with Crippen LogP contribution in [0.4, 0.5) is 0 Å². The standard InChI is InChI=1S/C16H19ClN2O5/c1-21-11-15(16(20)22-2)24-14-4-3-13(17)9-12(14)10-18-19-5-7-23-8-6-19/h3-4,9,11,14H,5-8H2,1-2H3/b15-11+. The van der Waals surface area contributed by atoms with Crippen molar-refractivity contribution >= 4 is 23.4 Å². The minimum Gasteiger partial charge on any atom is -0.500 e. The number of allylic oxidation sites excluding steroid dienone is 2. The fourth-order valence-electron chi connectivity index (χ4n) is 2.01. The number of hydrogen-bond acceptors (Lipinski definition) is 7. The van der Waals surface area contributed by atoms with Gasteiger partial charge in [-0.15, -0.1) is 5.10 Å². The summed E-state index contributed by atoms with van der Waals surface area (Å²) in [5, 5.41) is 6.66. The number of carbonyl (C=O) groups is 1. The van der Waals surface area contributed by atoms with Gasteiger partial charge in [0.15, 0.2) is 6.10 Å². The van der Waals surface area contributed by atoms with Crippen molar-refractivity contribution in [2.75, 3.05) is 40.5 Å². The molecule has 0 bridgehead atoms. The molecule has 1 saturated heterocycles. The van der Waals surface area contributed by atoms with Crippen LogP contribution in [-0.4, -0.2) is 63.5 Å². The summed E-state index contributed by atoms with van der Waals surface area (Å²) < 4.78 is 20.4. The summed E-state index contributed by atoms with van der Waals surface area (Å²) in [6.45, 7) is 2.63. The van der Waals surface area contributed by atoms with Crippen molar-refractivity contribution in [1.82, 2.24) is 5.01 Å². The highest BCUT2D eigenvalue weighted by molar-refractivity contribution is 6.31. The van der Waals surface area contributed by atoms with E-state index in [0.29, 0.717) is 36.9 Å². The van der Waals surface area contributed by atoms with Crippen LogP contribution in [0, 0.1) is 0 Å². The highest BCUT2D eigenvalue weighted by atomic mass is 35.5. The van der Waals surface area contributed by atoms with E-state index in [4.69, 9.17) is 25.8 Å². The number of halogens is 1. The molecule has 130 valence electrons. The van der Waals surface area contributed by atoms with E-state index in [0.717, 1.165) is 0 Å². The summed E-state index contributed by atoms with van der Waals surface area (Å²) in [6, 6.07) is 0. The number of morpholine rings is 1. The van der Waals surface area contributed by atoms with Crippen LogP contribution in [0.25, 0.3) is 0 Å². The first-order chi connectivity index (χ1) is 11.6. The van der Waals surface area contributed by atoms with Crippen LogP contribution < -0.4 is 0 Å². The molecule has 8 heteroatoms. The lowest BCUT2D eigenvalue weighted by atomic mass is 10.1. The van der Waals surface area contributed by atoms with E-state index >= 15 is 0 Å². The second kappa shape index (κ2) is 9.17. The zero-order valence-electron chi connectivity index (χ0n) is 13.5. The summed E-state index contributed by atoms with van der Waals surface area (Å²) in [6.07, 6.45) is 5.64. The number of hydrazone groups is 1. The van der Waals surface area contributed by atoms with Gasteiger partial charge >= 0.3 is 5.97 Å². The molecule has 2 aliphatic rings. The Hall–Kier alpha value is -2.21. The smallest absolute Gasteiger partial charge is 0.376 e. The lowest BCUT2D eigenvalue weighted by Crippen LogP contribution is -2.32. The highest BCUT2D eigenvalue weighted by Gasteiger charge is 2.22. The summed E-state index contributed by atoms with van der Waals surface area (Å²) >= 11 is 6.04. The van der Waals surface area contributed by atoms with E-state index in [9.17, 15) is 4.79 Å². The van der Waals surface area contributed by atoms with E-state index in [1.807, 2.05) is 5.01 Å². The van der Waals surface area contributed by atoms with Gasteiger partial charge in [0.1, 0.15) is 6.26 Å². The molecule has 0 amide bonds. The normalized spacial score (nSPS) is 20.9. The first kappa shape index (κ1) is 18.1. The van der Waals surface area contributed by atoms with Crippen molar-refractivity contribution in [3.8, 4) is 0 Å². The third-order valence-corrected chi connectivity index (χ3v) is 3.44. The molecule has 0 N–H and O–H groups in total. The number of methoxy groups -OCH3 is 2. The molecule has 24 heavy (non-hydrogen) atoms. The Labute approximate surface area is 145 Å². The van der Waals surface area contributed by atoms with Crippen LogP contribution in [0.15, 0.2) is 46.0 Å². The second-order valence-corrected chi connectivity index (χ2v) is 5.31. The molecular formula is C16H19ClN2O5. The van der Waals surface area contributed by atoms with Crippen LogP contribution in [0.5, 0.6) is 0 Å². The van der Waals surface area contributed by atoms with Gasteiger partial charge < -0.3 is 18.9 Å². The number of nitrogens with zero attached hydrogens (tertiary/aromatic N) is 2. The average molecular weight is 355 g/mol. The van der Waals surface area contributed by atoms with Gasteiger partial charge in [-0.3, -0.25) is 5.01 Å². The summed E-state index contributed by atoms with van der Waals surface area (Å²) in [5.74, 6) is 2.22. The topological polar surface area (TPSA) is 69.6 Å². The average Bonchev–Trinajstić information content (AvgIpc) is 2.61. The fraction of sp³-hybridized carbons (Fsp3) is 0.438. The van der Waals surface area contributed by atoms with Crippen molar-refractivity contribution in [2.45, 2.75) is 6.10 Å². The molecule has 1 aliphatic carbocycles. The maximum Gasteiger partial charge on any atom is 0.376 e.